The van der Waals surface area contributed by atoms with Crippen LogP contribution in [0.25, 0.3) is 0 Å². The predicted molar refractivity (Wildman–Crippen MR) is 91.5 cm³/mol. The van der Waals surface area contributed by atoms with Crippen LogP contribution >= 0.6 is 0 Å². The van der Waals surface area contributed by atoms with Gasteiger partial charge in [-0.3, -0.25) is 9.69 Å². The van der Waals surface area contributed by atoms with Crippen molar-refractivity contribution in [3.8, 4) is 0 Å². The van der Waals surface area contributed by atoms with Crippen molar-refractivity contribution >= 4 is 5.97 Å². The molecule has 1 unspecified atom stereocenters. The third-order valence-corrected chi connectivity index (χ3v) is 4.21. The summed E-state index contributed by atoms with van der Waals surface area (Å²) in [5, 5.41) is 10.0. The summed E-state index contributed by atoms with van der Waals surface area (Å²) in [5.74, 6) is -0.0573. The number of aliphatic hydroxyl groups is 1. The summed E-state index contributed by atoms with van der Waals surface area (Å²) < 4.78 is 10.4. The summed E-state index contributed by atoms with van der Waals surface area (Å²) in [5.41, 5.74) is 0. The van der Waals surface area contributed by atoms with E-state index in [0.29, 0.717) is 13.0 Å². The molecule has 1 atom stereocenters. The molecule has 1 heterocycles. The number of unbranched alkanes of at least 4 members (excludes halogenated alkanes) is 5. The van der Waals surface area contributed by atoms with Crippen LogP contribution < -0.4 is 0 Å². The van der Waals surface area contributed by atoms with Crippen LogP contribution in [0.2, 0.25) is 0 Å². The Morgan fingerprint density at radius 3 is 2.48 bits per heavy atom. The van der Waals surface area contributed by atoms with Crippen LogP contribution in [-0.4, -0.2) is 61.5 Å². The first kappa shape index (κ1) is 20.4. The molecule has 0 aromatic rings. The Hall–Kier alpha value is -0.650. The molecule has 0 saturated carbocycles. The van der Waals surface area contributed by atoms with E-state index in [1.54, 1.807) is 0 Å². The second-order valence-electron chi connectivity index (χ2n) is 6.45. The van der Waals surface area contributed by atoms with Crippen LogP contribution in [0.1, 0.15) is 64.7 Å². The maximum Gasteiger partial charge on any atom is 0.305 e. The lowest BCUT2D eigenvalue weighted by atomic mass is 10.1. The number of nitrogens with zero attached hydrogens (tertiary/aromatic N) is 1. The summed E-state index contributed by atoms with van der Waals surface area (Å²) in [6.45, 7) is 6.80. The van der Waals surface area contributed by atoms with E-state index in [2.05, 4.69) is 4.90 Å². The summed E-state index contributed by atoms with van der Waals surface area (Å²) in [6, 6.07) is 0. The summed E-state index contributed by atoms with van der Waals surface area (Å²) >= 11 is 0. The number of β-amino-alcohol motifs (C(OH)–C–C–N with tert-alkyl or cyclic N) is 1. The van der Waals surface area contributed by atoms with E-state index in [9.17, 15) is 9.90 Å². The number of rotatable bonds is 13. The second kappa shape index (κ2) is 13.8. The lowest BCUT2D eigenvalue weighted by Gasteiger charge is -2.28. The highest BCUT2D eigenvalue weighted by atomic mass is 16.5. The van der Waals surface area contributed by atoms with Gasteiger partial charge in [0.1, 0.15) is 0 Å². The van der Waals surface area contributed by atoms with Crippen LogP contribution in [0.3, 0.4) is 0 Å². The molecular formula is C18H35NO4. The molecular weight excluding hydrogens is 294 g/mol. The predicted octanol–water partition coefficient (Wildman–Crippen LogP) is 2.75. The van der Waals surface area contributed by atoms with Gasteiger partial charge < -0.3 is 14.6 Å². The van der Waals surface area contributed by atoms with E-state index in [1.165, 1.54) is 19.3 Å². The highest BCUT2D eigenvalue weighted by Gasteiger charge is 2.14. The van der Waals surface area contributed by atoms with Crippen molar-refractivity contribution in [3.05, 3.63) is 0 Å². The van der Waals surface area contributed by atoms with Gasteiger partial charge in [-0.2, -0.15) is 0 Å². The lowest BCUT2D eigenvalue weighted by Crippen LogP contribution is -2.40. The zero-order valence-corrected chi connectivity index (χ0v) is 14.8. The van der Waals surface area contributed by atoms with Crippen LogP contribution in [0.5, 0.6) is 0 Å². The van der Waals surface area contributed by atoms with Gasteiger partial charge in [-0.1, -0.05) is 39.0 Å². The number of esters is 1. The molecule has 1 aliphatic heterocycles. The van der Waals surface area contributed by atoms with Gasteiger partial charge in [0.05, 0.1) is 25.9 Å². The average Bonchev–Trinajstić information content (AvgIpc) is 2.56. The minimum atomic E-state index is -0.207. The van der Waals surface area contributed by atoms with E-state index in [-0.39, 0.29) is 12.1 Å². The third-order valence-electron chi connectivity index (χ3n) is 4.21. The first-order chi connectivity index (χ1) is 11.2. The molecule has 0 spiro atoms. The van der Waals surface area contributed by atoms with Crippen LogP contribution in [0.4, 0.5) is 0 Å². The van der Waals surface area contributed by atoms with Crippen molar-refractivity contribution in [3.63, 3.8) is 0 Å². The largest absolute Gasteiger partial charge is 0.466 e. The SMILES string of the molecule is CCCOC(=O)CCCCCCCCC(O)CN1CCOCC1. The number of ether oxygens (including phenoxy) is 2. The molecule has 1 N–H and O–H groups in total. The Labute approximate surface area is 141 Å². The number of hydrogen-bond acceptors (Lipinski definition) is 5. The molecule has 1 fully saturated rings. The van der Waals surface area contributed by atoms with Crippen molar-refractivity contribution in [2.45, 2.75) is 70.8 Å². The zero-order valence-electron chi connectivity index (χ0n) is 14.8. The maximum absolute atomic E-state index is 11.3. The molecule has 0 aliphatic carbocycles. The molecule has 0 amide bonds. The molecule has 1 aliphatic rings. The molecule has 1 rings (SSSR count). The zero-order chi connectivity index (χ0) is 16.8. The number of hydrogen-bond donors (Lipinski definition) is 1. The fourth-order valence-electron chi connectivity index (χ4n) is 2.82. The minimum absolute atomic E-state index is 0.0573. The Balaban J connectivity index is 1.84. The minimum Gasteiger partial charge on any atom is -0.466 e. The molecule has 23 heavy (non-hydrogen) atoms. The second-order valence-corrected chi connectivity index (χ2v) is 6.45. The summed E-state index contributed by atoms with van der Waals surface area (Å²) in [4.78, 5) is 13.6. The van der Waals surface area contributed by atoms with Gasteiger partial charge in [0.2, 0.25) is 0 Å². The standard InChI is InChI=1S/C18H35NO4/c1-2-13-23-18(21)10-8-6-4-3-5-7-9-17(20)16-19-11-14-22-15-12-19/h17,20H,2-16H2,1H3. The Morgan fingerprint density at radius 1 is 1.13 bits per heavy atom. The van der Waals surface area contributed by atoms with Gasteiger partial charge in [-0.05, 0) is 19.3 Å². The molecule has 5 nitrogen and oxygen atoms in total. The number of carbonyl (C=O) groups is 1. The maximum atomic E-state index is 11.3. The van der Waals surface area contributed by atoms with E-state index < -0.39 is 0 Å². The van der Waals surface area contributed by atoms with Gasteiger partial charge >= 0.3 is 5.97 Å². The molecule has 0 aromatic carbocycles. The van der Waals surface area contributed by atoms with Crippen molar-refractivity contribution in [1.29, 1.82) is 0 Å². The average molecular weight is 329 g/mol. The van der Waals surface area contributed by atoms with Gasteiger partial charge in [0.15, 0.2) is 0 Å². The monoisotopic (exact) mass is 329 g/mol. The normalized spacial score (nSPS) is 17.1. The lowest BCUT2D eigenvalue weighted by molar-refractivity contribution is -0.143. The summed E-state index contributed by atoms with van der Waals surface area (Å²) in [6.07, 6.45) is 8.77. The van der Waals surface area contributed by atoms with Crippen LogP contribution in [0, 0.1) is 0 Å². The quantitative estimate of drug-likeness (QED) is 0.416. The van der Waals surface area contributed by atoms with Gasteiger partial charge in [-0.15, -0.1) is 0 Å². The van der Waals surface area contributed by atoms with E-state index in [0.717, 1.165) is 65.0 Å². The van der Waals surface area contributed by atoms with Crippen LogP contribution in [0.15, 0.2) is 0 Å². The Bertz CT molecular complexity index is 293. The van der Waals surface area contributed by atoms with Gasteiger partial charge in [-0.25, -0.2) is 0 Å². The molecule has 0 aromatic heterocycles. The van der Waals surface area contributed by atoms with Crippen molar-refractivity contribution < 1.29 is 19.4 Å². The fraction of sp³-hybridized carbons (Fsp3) is 0.944. The third kappa shape index (κ3) is 11.5. The van der Waals surface area contributed by atoms with E-state index in [4.69, 9.17) is 9.47 Å². The highest BCUT2D eigenvalue weighted by molar-refractivity contribution is 5.69. The smallest absolute Gasteiger partial charge is 0.305 e. The van der Waals surface area contributed by atoms with E-state index >= 15 is 0 Å². The van der Waals surface area contributed by atoms with Gasteiger partial charge in [0.25, 0.3) is 0 Å². The van der Waals surface area contributed by atoms with Crippen LogP contribution in [-0.2, 0) is 14.3 Å². The molecule has 5 heteroatoms. The summed E-state index contributed by atoms with van der Waals surface area (Å²) in [7, 11) is 0. The van der Waals surface area contributed by atoms with Gasteiger partial charge in [0, 0.05) is 26.1 Å². The number of morpholine rings is 1. The first-order valence-electron chi connectivity index (χ1n) is 9.36. The van der Waals surface area contributed by atoms with Crippen molar-refractivity contribution in [2.75, 3.05) is 39.5 Å². The number of carbonyl (C=O) groups excluding carboxylic acids is 1. The first-order valence-corrected chi connectivity index (χ1v) is 9.36. The van der Waals surface area contributed by atoms with Crippen molar-refractivity contribution in [2.24, 2.45) is 0 Å². The van der Waals surface area contributed by atoms with E-state index in [1.807, 2.05) is 6.92 Å². The number of aliphatic hydroxyl groups excluding tert-OH is 1. The fourth-order valence-corrected chi connectivity index (χ4v) is 2.82. The van der Waals surface area contributed by atoms with Crippen molar-refractivity contribution in [1.82, 2.24) is 4.90 Å². The Morgan fingerprint density at radius 2 is 1.78 bits per heavy atom. The molecule has 0 radical (unpaired) electrons. The molecule has 136 valence electrons. The molecule has 0 bridgehead atoms. The highest BCUT2D eigenvalue weighted by Crippen LogP contribution is 2.11. The Kier molecular flexibility index (Phi) is 12.2. The molecule has 1 saturated heterocycles. The topological polar surface area (TPSA) is 59.0 Å².